The van der Waals surface area contributed by atoms with Crippen molar-refractivity contribution in [3.8, 4) is 0 Å². The Morgan fingerprint density at radius 3 is 2.64 bits per heavy atom. The van der Waals surface area contributed by atoms with Crippen molar-refractivity contribution in [2.45, 2.75) is 12.2 Å². The van der Waals surface area contributed by atoms with Gasteiger partial charge in [-0.05, 0) is 6.92 Å². The first-order chi connectivity index (χ1) is 6.38. The van der Waals surface area contributed by atoms with E-state index in [0.717, 1.165) is 12.2 Å². The van der Waals surface area contributed by atoms with E-state index in [1.165, 1.54) is 13.0 Å². The zero-order valence-electron chi connectivity index (χ0n) is 7.71. The van der Waals surface area contributed by atoms with Gasteiger partial charge in [0.2, 0.25) is 0 Å². The summed E-state index contributed by atoms with van der Waals surface area (Å²) in [5.74, 6) is -0.680. The first-order valence-electron chi connectivity index (χ1n) is 3.80. The zero-order valence-corrected chi connectivity index (χ0v) is 8.53. The minimum atomic E-state index is -4.13. The van der Waals surface area contributed by atoms with Crippen molar-refractivity contribution in [2.75, 3.05) is 6.61 Å². The third-order valence-corrected chi connectivity index (χ3v) is 2.41. The zero-order chi connectivity index (χ0) is 11.2. The number of rotatable bonds is 5. The molecule has 0 radical (unpaired) electrons. The van der Waals surface area contributed by atoms with E-state index in [-0.39, 0.29) is 6.61 Å². The van der Waals surface area contributed by atoms with Gasteiger partial charge in [0.05, 0.1) is 0 Å². The Labute approximate surface area is 82.8 Å². The number of carbonyl (C=O) groups is 1. The second-order valence-corrected chi connectivity index (χ2v) is 4.27. The molecule has 0 aliphatic carbocycles. The number of hydrogen-bond donors (Lipinski definition) is 1. The molecule has 0 rings (SSSR count). The van der Waals surface area contributed by atoms with Gasteiger partial charge >= 0.3 is 5.97 Å². The molecular weight excluding hydrogens is 208 g/mol. The Balaban J connectivity index is 4.17. The lowest BCUT2D eigenvalue weighted by atomic mass is 10.4. The fourth-order valence-corrected chi connectivity index (χ4v) is 0.780. The minimum absolute atomic E-state index is 0.0590. The van der Waals surface area contributed by atoms with E-state index in [0.29, 0.717) is 0 Å². The van der Waals surface area contributed by atoms with Gasteiger partial charge in [0.1, 0.15) is 11.9 Å². The molecule has 0 fully saturated rings. The molecule has 0 aromatic heterocycles. The summed E-state index contributed by atoms with van der Waals surface area (Å²) in [5.41, 5.74) is 0. The van der Waals surface area contributed by atoms with Crippen LogP contribution in [0.1, 0.15) is 6.92 Å². The third kappa shape index (κ3) is 5.50. The van der Waals surface area contributed by atoms with Crippen molar-refractivity contribution < 1.29 is 22.5 Å². The van der Waals surface area contributed by atoms with Gasteiger partial charge in [-0.15, -0.1) is 0 Å². The quantitative estimate of drug-likeness (QED) is 0.316. The van der Waals surface area contributed by atoms with Crippen LogP contribution in [0.25, 0.3) is 0 Å². The van der Waals surface area contributed by atoms with Crippen molar-refractivity contribution >= 4 is 16.1 Å². The molecular formula is C8H12O5S. The Kier molecular flexibility index (Phi) is 5.11. The average molecular weight is 220 g/mol. The van der Waals surface area contributed by atoms with Gasteiger partial charge in [0.15, 0.2) is 0 Å². The molecule has 0 aromatic carbocycles. The first-order valence-corrected chi connectivity index (χ1v) is 5.30. The molecule has 0 aromatic rings. The normalized spacial score (nSPS) is 13.9. The van der Waals surface area contributed by atoms with Crippen LogP contribution in [-0.4, -0.2) is 30.8 Å². The fraction of sp³-hybridized carbons (Fsp3) is 0.375. The monoisotopic (exact) mass is 220 g/mol. The highest BCUT2D eigenvalue weighted by Crippen LogP contribution is 1.99. The predicted molar refractivity (Wildman–Crippen MR) is 51.3 cm³/mol. The molecule has 1 unspecified atom stereocenters. The second kappa shape index (κ2) is 5.56. The maximum absolute atomic E-state index is 10.8. The van der Waals surface area contributed by atoms with Gasteiger partial charge in [-0.2, -0.15) is 8.42 Å². The van der Waals surface area contributed by atoms with E-state index in [1.807, 2.05) is 0 Å². The van der Waals surface area contributed by atoms with E-state index in [9.17, 15) is 13.2 Å². The van der Waals surface area contributed by atoms with Crippen LogP contribution in [0.5, 0.6) is 0 Å². The van der Waals surface area contributed by atoms with Crippen LogP contribution >= 0.6 is 0 Å². The summed E-state index contributed by atoms with van der Waals surface area (Å²) >= 11 is 0. The Morgan fingerprint density at radius 2 is 2.21 bits per heavy atom. The molecule has 1 atom stereocenters. The van der Waals surface area contributed by atoms with Crippen molar-refractivity contribution in [3.05, 3.63) is 24.8 Å². The standard InChI is InChI=1S/C8H12O5S/c1-3-6-13-8(9)5-4-7(2)14(10,11)12/h3-5,7H,1,6H2,2H3,(H,10,11,12). The van der Waals surface area contributed by atoms with E-state index >= 15 is 0 Å². The van der Waals surface area contributed by atoms with E-state index < -0.39 is 21.3 Å². The largest absolute Gasteiger partial charge is 0.458 e. The molecule has 0 aliphatic heterocycles. The first kappa shape index (κ1) is 12.9. The maximum Gasteiger partial charge on any atom is 0.330 e. The molecule has 0 aliphatic rings. The lowest BCUT2D eigenvalue weighted by Crippen LogP contribution is -2.14. The molecule has 0 saturated heterocycles. The maximum atomic E-state index is 10.8. The van der Waals surface area contributed by atoms with Gasteiger partial charge < -0.3 is 4.74 Å². The summed E-state index contributed by atoms with van der Waals surface area (Å²) < 4.78 is 34.0. The summed E-state index contributed by atoms with van der Waals surface area (Å²) in [4.78, 5) is 10.8. The minimum Gasteiger partial charge on any atom is -0.458 e. The number of hydrogen-bond acceptors (Lipinski definition) is 4. The number of ether oxygens (including phenoxy) is 1. The second-order valence-electron chi connectivity index (χ2n) is 2.50. The molecule has 0 heterocycles. The lowest BCUT2D eigenvalue weighted by Gasteiger charge is -2.00. The molecule has 1 N–H and O–H groups in total. The average Bonchev–Trinajstić information content (AvgIpc) is 2.09. The molecule has 14 heavy (non-hydrogen) atoms. The van der Waals surface area contributed by atoms with Crippen LogP contribution in [0, 0.1) is 0 Å². The summed E-state index contributed by atoms with van der Waals surface area (Å²) in [6.07, 6.45) is 3.38. The fourth-order valence-electron chi connectivity index (χ4n) is 0.503. The topological polar surface area (TPSA) is 80.7 Å². The van der Waals surface area contributed by atoms with Gasteiger partial charge in [-0.25, -0.2) is 4.79 Å². The molecule has 80 valence electrons. The summed E-state index contributed by atoms with van der Waals surface area (Å²) in [5, 5.41) is -1.13. The van der Waals surface area contributed by atoms with E-state index in [4.69, 9.17) is 4.55 Å². The van der Waals surface area contributed by atoms with Crippen molar-refractivity contribution in [1.82, 2.24) is 0 Å². The van der Waals surface area contributed by atoms with Crippen molar-refractivity contribution in [2.24, 2.45) is 0 Å². The molecule has 0 amide bonds. The third-order valence-electron chi connectivity index (χ3n) is 1.32. The molecule has 0 spiro atoms. The van der Waals surface area contributed by atoms with Crippen LogP contribution in [0.3, 0.4) is 0 Å². The highest BCUT2D eigenvalue weighted by atomic mass is 32.2. The Morgan fingerprint density at radius 1 is 1.64 bits per heavy atom. The molecule has 0 bridgehead atoms. The SMILES string of the molecule is C=CCOC(=O)C=CC(C)S(=O)(=O)O. The van der Waals surface area contributed by atoms with Gasteiger partial charge in [0, 0.05) is 6.08 Å². The summed E-state index contributed by atoms with van der Waals surface area (Å²) in [6, 6.07) is 0. The van der Waals surface area contributed by atoms with Crippen molar-refractivity contribution in [1.29, 1.82) is 0 Å². The van der Waals surface area contributed by atoms with Crippen LogP contribution in [0.15, 0.2) is 24.8 Å². The van der Waals surface area contributed by atoms with E-state index in [2.05, 4.69) is 11.3 Å². The smallest absolute Gasteiger partial charge is 0.330 e. The molecule has 5 nitrogen and oxygen atoms in total. The van der Waals surface area contributed by atoms with Crippen LogP contribution < -0.4 is 0 Å². The Bertz CT molecular complexity index is 328. The van der Waals surface area contributed by atoms with Gasteiger partial charge in [-0.1, -0.05) is 18.7 Å². The highest BCUT2D eigenvalue weighted by Gasteiger charge is 2.13. The van der Waals surface area contributed by atoms with Gasteiger partial charge in [0.25, 0.3) is 10.1 Å². The van der Waals surface area contributed by atoms with Crippen molar-refractivity contribution in [3.63, 3.8) is 0 Å². The molecule has 0 saturated carbocycles. The number of carbonyl (C=O) groups excluding carboxylic acids is 1. The van der Waals surface area contributed by atoms with Crippen LogP contribution in [0.2, 0.25) is 0 Å². The van der Waals surface area contributed by atoms with Gasteiger partial charge in [-0.3, -0.25) is 4.55 Å². The predicted octanol–water partition coefficient (Wildman–Crippen LogP) is 0.548. The highest BCUT2D eigenvalue weighted by molar-refractivity contribution is 7.86. The molecule has 6 heteroatoms. The van der Waals surface area contributed by atoms with Crippen LogP contribution in [0.4, 0.5) is 0 Å². The lowest BCUT2D eigenvalue weighted by molar-refractivity contribution is -0.136. The summed E-state index contributed by atoms with van der Waals surface area (Å²) in [6.45, 7) is 4.63. The van der Waals surface area contributed by atoms with Crippen LogP contribution in [-0.2, 0) is 19.6 Å². The Hall–Kier alpha value is -1.14. The number of esters is 1. The summed E-state index contributed by atoms with van der Waals surface area (Å²) in [7, 11) is -4.13. The van der Waals surface area contributed by atoms with E-state index in [1.54, 1.807) is 0 Å².